The Labute approximate surface area is 112 Å². The number of likely N-dealkylation sites (N-methyl/N-ethyl adjacent to an activating group) is 1. The summed E-state index contributed by atoms with van der Waals surface area (Å²) >= 11 is 0. The topological polar surface area (TPSA) is 36.0 Å². The largest absolute Gasteiger partial charge is 0.355 e. The first-order valence-electron chi connectivity index (χ1n) is 6.81. The normalized spacial score (nSPS) is 20.3. The molecule has 5 nitrogen and oxygen atoms in total. The highest BCUT2D eigenvalue weighted by Crippen LogP contribution is 2.30. The van der Waals surface area contributed by atoms with Gasteiger partial charge in [0.2, 0.25) is 0 Å². The smallest absolute Gasteiger partial charge is 0.319 e. The summed E-state index contributed by atoms with van der Waals surface area (Å²) in [6.07, 6.45) is 0. The van der Waals surface area contributed by atoms with Gasteiger partial charge in [-0.3, -0.25) is 4.90 Å². The molecule has 0 aliphatic carbocycles. The minimum absolute atomic E-state index is 0.0690. The third kappa shape index (κ3) is 3.85. The first-order valence-corrected chi connectivity index (χ1v) is 6.81. The number of rotatable bonds is 0. The van der Waals surface area contributed by atoms with Crippen molar-refractivity contribution in [2.75, 3.05) is 47.5 Å². The van der Waals surface area contributed by atoms with Gasteiger partial charge in [0.15, 0.2) is 0 Å². The Balaban J connectivity index is 0.000000659. The van der Waals surface area contributed by atoms with Gasteiger partial charge in [-0.2, -0.15) is 0 Å². The second-order valence-electron chi connectivity index (χ2n) is 4.50. The molecule has 0 aromatic carbocycles. The number of carbonyl (C=O) groups is 1. The van der Waals surface area contributed by atoms with Crippen molar-refractivity contribution >= 4 is 6.03 Å². The van der Waals surface area contributed by atoms with Crippen LogP contribution in [0.25, 0.3) is 0 Å². The van der Waals surface area contributed by atoms with Crippen molar-refractivity contribution in [2.24, 2.45) is 0 Å². The molecule has 0 aromatic rings. The monoisotopic (exact) mass is 259 g/mol. The Hall–Kier alpha value is -0.810. The predicted octanol–water partition coefficient (Wildman–Crippen LogP) is 1.69. The molecule has 2 heterocycles. The Kier molecular flexibility index (Phi) is 7.25. The fraction of sp³-hybridized carbons (Fsp3) is 0.923. The lowest BCUT2D eigenvalue weighted by atomic mass is 9.95. The van der Waals surface area contributed by atoms with Gasteiger partial charge in [0.05, 0.1) is 19.8 Å². The zero-order valence-corrected chi connectivity index (χ0v) is 13.0. The number of amides is 2. The molecule has 0 radical (unpaired) electrons. The van der Waals surface area contributed by atoms with Crippen molar-refractivity contribution in [3.05, 3.63) is 0 Å². The van der Waals surface area contributed by atoms with Crippen molar-refractivity contribution in [3.63, 3.8) is 0 Å². The van der Waals surface area contributed by atoms with Crippen molar-refractivity contribution in [1.82, 2.24) is 14.7 Å². The Morgan fingerprint density at radius 1 is 1.11 bits per heavy atom. The summed E-state index contributed by atoms with van der Waals surface area (Å²) in [5.74, 6) is 0. The molecule has 2 saturated heterocycles. The molecule has 0 N–H and O–H groups in total. The standard InChI is InChI=1S/C9H17N3O2.2C2H6/c1-10(2)8(13)12-5-9(6-12)4-11(3)7-14-9;2*1-2/h4-7H2,1-3H3;2*1-2H3. The van der Waals surface area contributed by atoms with Crippen molar-refractivity contribution in [2.45, 2.75) is 33.3 Å². The zero-order valence-electron chi connectivity index (χ0n) is 13.0. The minimum Gasteiger partial charge on any atom is -0.355 e. The number of urea groups is 1. The van der Waals surface area contributed by atoms with Crippen LogP contribution in [-0.4, -0.2) is 73.8 Å². The molecule has 5 heteroatoms. The van der Waals surface area contributed by atoms with Crippen LogP contribution >= 0.6 is 0 Å². The highest BCUT2D eigenvalue weighted by Gasteiger charge is 2.50. The van der Waals surface area contributed by atoms with Gasteiger partial charge >= 0.3 is 6.03 Å². The summed E-state index contributed by atoms with van der Waals surface area (Å²) in [5, 5.41) is 0. The van der Waals surface area contributed by atoms with Crippen LogP contribution in [0, 0.1) is 0 Å². The molecule has 2 rings (SSSR count). The van der Waals surface area contributed by atoms with Crippen LogP contribution in [0.15, 0.2) is 0 Å². The molecule has 0 bridgehead atoms. The van der Waals surface area contributed by atoms with Crippen LogP contribution in [0.4, 0.5) is 4.79 Å². The second kappa shape index (κ2) is 7.59. The van der Waals surface area contributed by atoms with Gasteiger partial charge in [0.1, 0.15) is 5.60 Å². The molecule has 2 amide bonds. The summed E-state index contributed by atoms with van der Waals surface area (Å²) in [6.45, 7) is 11.1. The molecular weight excluding hydrogens is 230 g/mol. The lowest BCUT2D eigenvalue weighted by Crippen LogP contribution is -2.66. The number of hydrogen-bond acceptors (Lipinski definition) is 3. The van der Waals surface area contributed by atoms with Crippen LogP contribution in [-0.2, 0) is 4.74 Å². The van der Waals surface area contributed by atoms with E-state index in [0.29, 0.717) is 6.73 Å². The van der Waals surface area contributed by atoms with Crippen molar-refractivity contribution < 1.29 is 9.53 Å². The summed E-state index contributed by atoms with van der Waals surface area (Å²) in [5.41, 5.74) is -0.0690. The van der Waals surface area contributed by atoms with E-state index in [2.05, 4.69) is 4.90 Å². The Morgan fingerprint density at radius 2 is 1.61 bits per heavy atom. The van der Waals surface area contributed by atoms with Gasteiger partial charge in [-0.05, 0) is 7.05 Å². The number of nitrogens with zero attached hydrogens (tertiary/aromatic N) is 3. The highest BCUT2D eigenvalue weighted by atomic mass is 16.5. The van der Waals surface area contributed by atoms with Gasteiger partial charge in [-0.25, -0.2) is 4.79 Å². The minimum atomic E-state index is -0.0690. The molecule has 2 fully saturated rings. The molecule has 18 heavy (non-hydrogen) atoms. The van der Waals surface area contributed by atoms with Crippen LogP contribution in [0.2, 0.25) is 0 Å². The van der Waals surface area contributed by atoms with E-state index in [1.807, 2.05) is 39.6 Å². The summed E-state index contributed by atoms with van der Waals surface area (Å²) in [6, 6.07) is 0.0776. The molecular formula is C13H29N3O2. The fourth-order valence-electron chi connectivity index (χ4n) is 2.09. The Morgan fingerprint density at radius 3 is 1.94 bits per heavy atom. The SMILES string of the molecule is CC.CC.CN1COC2(C1)CN(C(=O)N(C)C)C2. The summed E-state index contributed by atoms with van der Waals surface area (Å²) in [4.78, 5) is 17.1. The highest BCUT2D eigenvalue weighted by molar-refractivity contribution is 5.75. The molecule has 0 unspecified atom stereocenters. The first kappa shape index (κ1) is 17.2. The fourth-order valence-corrected chi connectivity index (χ4v) is 2.09. The molecule has 2 aliphatic rings. The molecule has 108 valence electrons. The van der Waals surface area contributed by atoms with Crippen molar-refractivity contribution in [1.29, 1.82) is 0 Å². The average Bonchev–Trinajstić information content (AvgIpc) is 2.74. The van der Waals surface area contributed by atoms with E-state index in [1.165, 1.54) is 0 Å². The van der Waals surface area contributed by atoms with Crippen LogP contribution in [0.5, 0.6) is 0 Å². The van der Waals surface area contributed by atoms with Gasteiger partial charge in [0.25, 0.3) is 0 Å². The maximum absolute atomic E-state index is 11.5. The first-order chi connectivity index (χ1) is 8.52. The van der Waals surface area contributed by atoms with E-state index in [9.17, 15) is 4.79 Å². The van der Waals surface area contributed by atoms with E-state index in [1.54, 1.807) is 19.0 Å². The predicted molar refractivity (Wildman–Crippen MR) is 74.7 cm³/mol. The van der Waals surface area contributed by atoms with Gasteiger partial charge < -0.3 is 14.5 Å². The molecule has 0 aromatic heterocycles. The number of hydrogen-bond donors (Lipinski definition) is 0. The average molecular weight is 259 g/mol. The quantitative estimate of drug-likeness (QED) is 0.664. The number of ether oxygens (including phenoxy) is 1. The third-order valence-corrected chi connectivity index (χ3v) is 2.76. The van der Waals surface area contributed by atoms with Crippen molar-refractivity contribution in [3.8, 4) is 0 Å². The lowest BCUT2D eigenvalue weighted by Gasteiger charge is -2.47. The number of likely N-dealkylation sites (tertiary alicyclic amines) is 1. The zero-order chi connectivity index (χ0) is 14.3. The number of carbonyl (C=O) groups excluding carboxylic acids is 1. The van der Waals surface area contributed by atoms with E-state index < -0.39 is 0 Å². The van der Waals surface area contributed by atoms with Gasteiger partial charge in [0, 0.05) is 20.6 Å². The van der Waals surface area contributed by atoms with E-state index >= 15 is 0 Å². The molecule has 0 atom stereocenters. The van der Waals surface area contributed by atoms with Gasteiger partial charge in [-0.1, -0.05) is 27.7 Å². The second-order valence-corrected chi connectivity index (χ2v) is 4.50. The molecule has 0 saturated carbocycles. The van der Waals surface area contributed by atoms with Crippen LogP contribution in [0.3, 0.4) is 0 Å². The van der Waals surface area contributed by atoms with Crippen LogP contribution in [0.1, 0.15) is 27.7 Å². The maximum atomic E-state index is 11.5. The molecule has 2 aliphatic heterocycles. The summed E-state index contributed by atoms with van der Waals surface area (Å²) in [7, 11) is 5.58. The van der Waals surface area contributed by atoms with E-state index in [-0.39, 0.29) is 11.6 Å². The third-order valence-electron chi connectivity index (χ3n) is 2.76. The maximum Gasteiger partial charge on any atom is 0.319 e. The lowest BCUT2D eigenvalue weighted by molar-refractivity contribution is -0.0881. The van der Waals surface area contributed by atoms with Gasteiger partial charge in [-0.15, -0.1) is 0 Å². The van der Waals surface area contributed by atoms with Crippen LogP contribution < -0.4 is 0 Å². The van der Waals surface area contributed by atoms with E-state index in [0.717, 1.165) is 19.6 Å². The summed E-state index contributed by atoms with van der Waals surface area (Å²) < 4.78 is 5.66. The molecule has 1 spiro atoms. The Bertz CT molecular complexity index is 251. The van der Waals surface area contributed by atoms with E-state index in [4.69, 9.17) is 4.74 Å².